The number of methoxy groups -OCH3 is 1. The maximum Gasteiger partial charge on any atom is 0.341 e. The minimum atomic E-state index is -1.16. The standard InChI is InChI=1S/C21H19N7O3/c1-28-12-13(10-24-28)25-21-23-11-15(20(29)30)19(27-21)26-17-8-5-6-14(18(17)31-2)16-7-3-4-9-22-16/h3-12H,1-2H3,(H,29,30)(H2,23,25,26,27). The van der Waals surface area contributed by atoms with Crippen molar-refractivity contribution in [2.45, 2.75) is 0 Å². The highest BCUT2D eigenvalue weighted by atomic mass is 16.5. The van der Waals surface area contributed by atoms with Crippen molar-refractivity contribution in [3.05, 3.63) is 66.7 Å². The van der Waals surface area contributed by atoms with Gasteiger partial charge in [-0.15, -0.1) is 0 Å². The maximum atomic E-state index is 11.7. The van der Waals surface area contributed by atoms with Gasteiger partial charge in [0.2, 0.25) is 5.95 Å². The van der Waals surface area contributed by atoms with E-state index >= 15 is 0 Å². The van der Waals surface area contributed by atoms with Crippen LogP contribution in [-0.2, 0) is 7.05 Å². The molecule has 3 heterocycles. The van der Waals surface area contributed by atoms with Gasteiger partial charge in [0.25, 0.3) is 0 Å². The summed E-state index contributed by atoms with van der Waals surface area (Å²) in [5.41, 5.74) is 2.61. The number of aromatic carboxylic acids is 1. The number of aromatic nitrogens is 5. The lowest BCUT2D eigenvalue weighted by molar-refractivity contribution is 0.0697. The Balaban J connectivity index is 1.72. The first-order valence-electron chi connectivity index (χ1n) is 9.26. The van der Waals surface area contributed by atoms with E-state index in [9.17, 15) is 9.90 Å². The third kappa shape index (κ3) is 4.27. The van der Waals surface area contributed by atoms with Crippen LogP contribution in [0.2, 0.25) is 0 Å². The Hall–Kier alpha value is -4.47. The largest absolute Gasteiger partial charge is 0.494 e. The van der Waals surface area contributed by atoms with E-state index < -0.39 is 5.97 Å². The van der Waals surface area contributed by atoms with Crippen LogP contribution >= 0.6 is 0 Å². The van der Waals surface area contributed by atoms with E-state index in [2.05, 4.69) is 30.7 Å². The lowest BCUT2D eigenvalue weighted by Crippen LogP contribution is -2.09. The van der Waals surface area contributed by atoms with E-state index in [-0.39, 0.29) is 17.3 Å². The number of pyridine rings is 1. The molecule has 0 spiro atoms. The van der Waals surface area contributed by atoms with Crippen LogP contribution in [0, 0.1) is 0 Å². The first-order chi connectivity index (χ1) is 15.0. The van der Waals surface area contributed by atoms with Crippen molar-refractivity contribution >= 4 is 29.1 Å². The van der Waals surface area contributed by atoms with E-state index in [1.54, 1.807) is 43.5 Å². The number of carboxylic acids is 1. The molecule has 0 aliphatic heterocycles. The Bertz CT molecular complexity index is 1220. The average Bonchev–Trinajstić information content (AvgIpc) is 3.18. The van der Waals surface area contributed by atoms with Crippen molar-refractivity contribution in [1.29, 1.82) is 0 Å². The van der Waals surface area contributed by atoms with Gasteiger partial charge in [0, 0.05) is 31.2 Å². The van der Waals surface area contributed by atoms with Crippen molar-refractivity contribution in [3.8, 4) is 17.0 Å². The molecule has 0 amide bonds. The van der Waals surface area contributed by atoms with E-state index in [4.69, 9.17) is 4.74 Å². The molecule has 3 N–H and O–H groups in total. The highest BCUT2D eigenvalue weighted by Gasteiger charge is 2.18. The van der Waals surface area contributed by atoms with Gasteiger partial charge in [0.15, 0.2) is 11.6 Å². The van der Waals surface area contributed by atoms with Gasteiger partial charge < -0.3 is 20.5 Å². The number of nitrogens with one attached hydrogen (secondary N) is 2. The van der Waals surface area contributed by atoms with Crippen molar-refractivity contribution in [1.82, 2.24) is 24.7 Å². The number of carboxylic acid groups (broad SMARTS) is 1. The molecular formula is C21H19N7O3. The van der Waals surface area contributed by atoms with Gasteiger partial charge in [0.05, 0.1) is 30.4 Å². The van der Waals surface area contributed by atoms with Crippen molar-refractivity contribution in [2.75, 3.05) is 17.7 Å². The minimum Gasteiger partial charge on any atom is -0.494 e. The minimum absolute atomic E-state index is 0.0815. The van der Waals surface area contributed by atoms with Crippen LogP contribution in [0.1, 0.15) is 10.4 Å². The van der Waals surface area contributed by atoms with E-state index in [0.717, 1.165) is 11.3 Å². The highest BCUT2D eigenvalue weighted by molar-refractivity contribution is 5.94. The van der Waals surface area contributed by atoms with E-state index in [1.165, 1.54) is 6.20 Å². The van der Waals surface area contributed by atoms with Crippen LogP contribution in [0.3, 0.4) is 0 Å². The number of anilines is 4. The van der Waals surface area contributed by atoms with Crippen LogP contribution in [0.25, 0.3) is 11.3 Å². The van der Waals surface area contributed by atoms with E-state index in [0.29, 0.717) is 17.1 Å². The van der Waals surface area contributed by atoms with Crippen molar-refractivity contribution in [2.24, 2.45) is 7.05 Å². The summed E-state index contributed by atoms with van der Waals surface area (Å²) in [6, 6.07) is 11.0. The third-order valence-corrected chi connectivity index (χ3v) is 4.39. The van der Waals surface area contributed by atoms with Crippen LogP contribution < -0.4 is 15.4 Å². The van der Waals surface area contributed by atoms with Gasteiger partial charge in [-0.25, -0.2) is 9.78 Å². The molecule has 10 heteroatoms. The number of nitrogens with zero attached hydrogens (tertiary/aromatic N) is 5. The quantitative estimate of drug-likeness (QED) is 0.414. The summed E-state index contributed by atoms with van der Waals surface area (Å²) in [5.74, 6) is -0.307. The third-order valence-electron chi connectivity index (χ3n) is 4.39. The molecule has 1 aromatic carbocycles. The first-order valence-corrected chi connectivity index (χ1v) is 9.26. The number of carbonyl (C=O) groups is 1. The number of hydrogen-bond acceptors (Lipinski definition) is 8. The summed E-state index contributed by atoms with van der Waals surface area (Å²) in [5, 5.41) is 19.7. The summed E-state index contributed by atoms with van der Waals surface area (Å²) in [7, 11) is 3.33. The number of aryl methyl sites for hydroxylation is 1. The number of hydrogen-bond donors (Lipinski definition) is 3. The van der Waals surface area contributed by atoms with Gasteiger partial charge >= 0.3 is 5.97 Å². The summed E-state index contributed by atoms with van der Waals surface area (Å²) >= 11 is 0. The number of ether oxygens (including phenoxy) is 1. The molecule has 0 aliphatic carbocycles. The topological polar surface area (TPSA) is 127 Å². The van der Waals surface area contributed by atoms with Gasteiger partial charge in [0.1, 0.15) is 5.56 Å². The zero-order valence-corrected chi connectivity index (χ0v) is 16.8. The van der Waals surface area contributed by atoms with Crippen LogP contribution in [0.4, 0.5) is 23.1 Å². The maximum absolute atomic E-state index is 11.7. The summed E-state index contributed by atoms with van der Waals surface area (Å²) in [6.45, 7) is 0. The zero-order valence-electron chi connectivity index (χ0n) is 16.8. The predicted molar refractivity (Wildman–Crippen MR) is 115 cm³/mol. The van der Waals surface area contributed by atoms with Gasteiger partial charge in [-0.05, 0) is 24.3 Å². The predicted octanol–water partition coefficient (Wildman–Crippen LogP) is 3.47. The molecule has 31 heavy (non-hydrogen) atoms. The Kier molecular flexibility index (Phi) is 5.43. The fourth-order valence-electron chi connectivity index (χ4n) is 3.02. The fraction of sp³-hybridized carbons (Fsp3) is 0.0952. The number of benzene rings is 1. The Morgan fingerprint density at radius 1 is 1.10 bits per heavy atom. The molecule has 0 radical (unpaired) electrons. The van der Waals surface area contributed by atoms with Crippen molar-refractivity contribution in [3.63, 3.8) is 0 Å². The molecule has 0 unspecified atom stereocenters. The van der Waals surface area contributed by atoms with Gasteiger partial charge in [-0.2, -0.15) is 10.1 Å². The van der Waals surface area contributed by atoms with Crippen molar-refractivity contribution < 1.29 is 14.6 Å². The fourth-order valence-corrected chi connectivity index (χ4v) is 3.02. The second-order valence-corrected chi connectivity index (χ2v) is 6.52. The Labute approximate surface area is 177 Å². The van der Waals surface area contributed by atoms with Crippen LogP contribution in [-0.4, -0.2) is 42.9 Å². The molecule has 0 saturated carbocycles. The zero-order chi connectivity index (χ0) is 21.8. The normalized spacial score (nSPS) is 10.5. The SMILES string of the molecule is COc1c(Nc2nc(Nc3cnn(C)c3)ncc2C(=O)O)cccc1-c1ccccn1. The van der Waals surface area contributed by atoms with Gasteiger partial charge in [-0.1, -0.05) is 12.1 Å². The monoisotopic (exact) mass is 417 g/mol. The Morgan fingerprint density at radius 3 is 2.65 bits per heavy atom. The second kappa shape index (κ2) is 8.49. The molecular weight excluding hydrogens is 398 g/mol. The summed E-state index contributed by atoms with van der Waals surface area (Å²) in [4.78, 5) is 24.5. The molecule has 4 rings (SSSR count). The lowest BCUT2D eigenvalue weighted by Gasteiger charge is -2.16. The number of para-hydroxylation sites is 1. The van der Waals surface area contributed by atoms with Crippen LogP contribution in [0.15, 0.2) is 61.2 Å². The average molecular weight is 417 g/mol. The molecule has 0 bridgehead atoms. The summed E-state index contributed by atoms with van der Waals surface area (Å²) < 4.78 is 7.24. The molecule has 10 nitrogen and oxygen atoms in total. The molecule has 0 atom stereocenters. The smallest absolute Gasteiger partial charge is 0.341 e. The lowest BCUT2D eigenvalue weighted by atomic mass is 10.1. The molecule has 0 aliphatic rings. The Morgan fingerprint density at radius 2 is 1.97 bits per heavy atom. The van der Waals surface area contributed by atoms with Gasteiger partial charge in [-0.3, -0.25) is 9.67 Å². The van der Waals surface area contributed by atoms with Crippen LogP contribution in [0.5, 0.6) is 5.75 Å². The highest BCUT2D eigenvalue weighted by Crippen LogP contribution is 2.37. The molecule has 156 valence electrons. The summed E-state index contributed by atoms with van der Waals surface area (Å²) in [6.07, 6.45) is 6.30. The molecule has 3 aromatic heterocycles. The molecule has 4 aromatic rings. The van der Waals surface area contributed by atoms with E-state index in [1.807, 2.05) is 30.3 Å². The molecule has 0 fully saturated rings. The second-order valence-electron chi connectivity index (χ2n) is 6.52. The number of rotatable bonds is 7. The first kappa shape index (κ1) is 19.8. The molecule has 0 saturated heterocycles.